The first-order valence-electron chi connectivity index (χ1n) is 24.2. The Bertz CT molecular complexity index is 3850. The summed E-state index contributed by atoms with van der Waals surface area (Å²) in [6, 6.07) is 90.0. The van der Waals surface area contributed by atoms with Gasteiger partial charge in [-0.2, -0.15) is 0 Å². The minimum atomic E-state index is -0.431. The van der Waals surface area contributed by atoms with E-state index in [0.29, 0.717) is 0 Å². The van der Waals surface area contributed by atoms with Gasteiger partial charge < -0.3 is 9.47 Å². The van der Waals surface area contributed by atoms with Gasteiger partial charge in [0.15, 0.2) is 0 Å². The van der Waals surface area contributed by atoms with Gasteiger partial charge >= 0.3 is 0 Å². The maximum atomic E-state index is 2.48. The fourth-order valence-corrected chi connectivity index (χ4v) is 12.0. The lowest BCUT2D eigenvalue weighted by molar-refractivity contribution is 0.793. The molecule has 10 aromatic carbocycles. The van der Waals surface area contributed by atoms with Gasteiger partial charge in [0.05, 0.1) is 10.9 Å². The number of rotatable bonds is 7. The fraction of sp³-hybridized carbons (Fsp3) is 0.0448. The summed E-state index contributed by atoms with van der Waals surface area (Å²) in [6.45, 7) is 0. The van der Waals surface area contributed by atoms with Crippen LogP contribution in [-0.2, 0) is 5.41 Å². The maximum absolute atomic E-state index is 2.48. The number of fused-ring (bicyclic) bond motifs is 13. The van der Waals surface area contributed by atoms with Gasteiger partial charge in [-0.25, -0.2) is 0 Å². The summed E-state index contributed by atoms with van der Waals surface area (Å²) >= 11 is 0. The lowest BCUT2D eigenvalue weighted by Gasteiger charge is -2.32. The van der Waals surface area contributed by atoms with Gasteiger partial charge in [0.25, 0.3) is 0 Å². The number of anilines is 3. The number of hydrogen-bond donors (Lipinski definition) is 0. The van der Waals surface area contributed by atoms with Crippen LogP contribution in [-0.4, -0.2) is 4.57 Å². The first-order chi connectivity index (χ1) is 34.2. The van der Waals surface area contributed by atoms with Crippen LogP contribution < -0.4 is 15.5 Å². The molecular formula is C67H46N2. The Morgan fingerprint density at radius 3 is 1.33 bits per heavy atom. The second kappa shape index (κ2) is 15.7. The van der Waals surface area contributed by atoms with Crippen LogP contribution in [0, 0.1) is 0 Å². The quantitative estimate of drug-likeness (QED) is 0.155. The van der Waals surface area contributed by atoms with Gasteiger partial charge in [0.2, 0.25) is 0 Å². The molecule has 14 rings (SSSR count). The molecule has 1 spiro atoms. The zero-order valence-corrected chi connectivity index (χ0v) is 38.1. The summed E-state index contributed by atoms with van der Waals surface area (Å²) in [5.74, 6) is 0. The van der Waals surface area contributed by atoms with Crippen molar-refractivity contribution in [2.75, 3.05) is 4.90 Å². The molecule has 0 saturated heterocycles. The second-order valence-corrected chi connectivity index (χ2v) is 18.7. The Hall–Kier alpha value is -8.72. The highest BCUT2D eigenvalue weighted by molar-refractivity contribution is 5.97. The lowest BCUT2D eigenvalue weighted by atomic mass is 9.70. The molecule has 0 aliphatic heterocycles. The normalized spacial score (nSPS) is 13.4. The highest BCUT2D eigenvalue weighted by atomic mass is 15.1. The van der Waals surface area contributed by atoms with E-state index in [0.717, 1.165) is 29.9 Å². The smallest absolute Gasteiger partial charge is 0.0726 e. The molecule has 0 unspecified atom stereocenters. The molecule has 2 heteroatoms. The van der Waals surface area contributed by atoms with Gasteiger partial charge in [-0.15, -0.1) is 0 Å². The van der Waals surface area contributed by atoms with Crippen LogP contribution in [0.2, 0.25) is 0 Å². The summed E-state index contributed by atoms with van der Waals surface area (Å²) in [4.78, 5) is 2.44. The molecule has 0 fully saturated rings. The van der Waals surface area contributed by atoms with Crippen molar-refractivity contribution in [3.05, 3.63) is 275 Å². The Morgan fingerprint density at radius 2 is 0.768 bits per heavy atom. The van der Waals surface area contributed by atoms with Gasteiger partial charge in [-0.1, -0.05) is 194 Å². The van der Waals surface area contributed by atoms with Gasteiger partial charge in [0, 0.05) is 38.7 Å². The van der Waals surface area contributed by atoms with E-state index in [2.05, 4.69) is 264 Å². The van der Waals surface area contributed by atoms with Crippen LogP contribution in [0.4, 0.5) is 17.1 Å². The molecule has 2 nitrogen and oxygen atoms in total. The molecule has 324 valence electrons. The first kappa shape index (κ1) is 39.4. The van der Waals surface area contributed by atoms with E-state index in [-0.39, 0.29) is 0 Å². The van der Waals surface area contributed by atoms with E-state index in [4.69, 9.17) is 0 Å². The van der Waals surface area contributed by atoms with E-state index in [1.807, 2.05) is 0 Å². The minimum absolute atomic E-state index is 0.431. The molecule has 0 amide bonds. The number of benzene rings is 10. The SMILES string of the molecule is C1=c2c(n(-c3ccc(-c4ccccc4)cc3)c3ccc(-c4ccc(N(c5ccc(-c6ccccc6)cc5)c5ccc6c(c5)C5(c7ccccc7-c7ccccc75)c5ccccc5-6)cc4)cc23)=CCC1. The summed E-state index contributed by atoms with van der Waals surface area (Å²) in [6.07, 6.45) is 6.95. The summed E-state index contributed by atoms with van der Waals surface area (Å²) < 4.78 is 2.45. The molecule has 11 aromatic rings. The Morgan fingerprint density at radius 1 is 0.333 bits per heavy atom. The van der Waals surface area contributed by atoms with Gasteiger partial charge in [-0.05, 0) is 151 Å². The average Bonchev–Trinajstić information content (AvgIpc) is 4.03. The third-order valence-electron chi connectivity index (χ3n) is 15.1. The summed E-state index contributed by atoms with van der Waals surface area (Å²) in [7, 11) is 0. The van der Waals surface area contributed by atoms with Crippen molar-refractivity contribution in [1.29, 1.82) is 0 Å². The standard InChI is InChI=1S/C67H46N2/c1-3-15-45(16-4-1)47-27-34-51(35-28-47)68(54-40-41-58-57-21-9-13-25-63(57)67(64(58)44-54)61-23-11-7-19-55(61)56-20-8-12-24-62(56)67)52-36-31-49(32-37-52)50-33-42-66-60(43-50)59-22-10-14-26-65(59)69(66)53-38-29-48(30-39-53)46-17-5-2-6-18-46/h1-9,11-13,15-44H,10,14H2. The van der Waals surface area contributed by atoms with Crippen LogP contribution in [0.15, 0.2) is 243 Å². The van der Waals surface area contributed by atoms with E-state index < -0.39 is 5.41 Å². The summed E-state index contributed by atoms with van der Waals surface area (Å²) in [5.41, 5.74) is 23.2. The molecule has 0 bridgehead atoms. The Labute approximate surface area is 402 Å². The number of aromatic nitrogens is 1. The van der Waals surface area contributed by atoms with Crippen molar-refractivity contribution >= 4 is 40.1 Å². The predicted molar refractivity (Wildman–Crippen MR) is 288 cm³/mol. The highest BCUT2D eigenvalue weighted by Crippen LogP contribution is 2.63. The monoisotopic (exact) mass is 878 g/mol. The van der Waals surface area contributed by atoms with Crippen molar-refractivity contribution in [1.82, 2.24) is 4.57 Å². The van der Waals surface area contributed by atoms with Crippen LogP contribution in [0.25, 0.3) is 84.4 Å². The van der Waals surface area contributed by atoms with Crippen LogP contribution in [0.1, 0.15) is 35.1 Å². The average molecular weight is 879 g/mol. The largest absolute Gasteiger partial charge is 0.310 e. The number of nitrogens with zero attached hydrogens (tertiary/aromatic N) is 2. The molecule has 3 aliphatic rings. The molecule has 0 N–H and O–H groups in total. The van der Waals surface area contributed by atoms with E-state index in [9.17, 15) is 0 Å². The Balaban J connectivity index is 0.891. The molecular weight excluding hydrogens is 833 g/mol. The number of hydrogen-bond acceptors (Lipinski definition) is 1. The predicted octanol–water partition coefficient (Wildman–Crippen LogP) is 15.8. The molecule has 0 saturated carbocycles. The van der Waals surface area contributed by atoms with E-state index in [1.165, 1.54) is 105 Å². The van der Waals surface area contributed by atoms with Crippen molar-refractivity contribution in [2.24, 2.45) is 0 Å². The van der Waals surface area contributed by atoms with Gasteiger partial charge in [-0.3, -0.25) is 0 Å². The van der Waals surface area contributed by atoms with E-state index >= 15 is 0 Å². The van der Waals surface area contributed by atoms with Crippen molar-refractivity contribution in [3.8, 4) is 61.3 Å². The molecule has 3 aliphatic carbocycles. The first-order valence-corrected chi connectivity index (χ1v) is 24.2. The molecule has 1 heterocycles. The molecule has 1 aromatic heterocycles. The zero-order valence-electron chi connectivity index (χ0n) is 38.1. The lowest BCUT2D eigenvalue weighted by Crippen LogP contribution is -2.30. The van der Waals surface area contributed by atoms with Crippen LogP contribution >= 0.6 is 0 Å². The van der Waals surface area contributed by atoms with Crippen molar-refractivity contribution in [3.63, 3.8) is 0 Å². The summed E-state index contributed by atoms with van der Waals surface area (Å²) in [5, 5.41) is 3.91. The maximum Gasteiger partial charge on any atom is 0.0726 e. The topological polar surface area (TPSA) is 8.17 Å². The third kappa shape index (κ3) is 6.05. The zero-order chi connectivity index (χ0) is 45.5. The van der Waals surface area contributed by atoms with Crippen molar-refractivity contribution in [2.45, 2.75) is 18.3 Å². The van der Waals surface area contributed by atoms with E-state index in [1.54, 1.807) is 0 Å². The Kier molecular flexibility index (Phi) is 8.97. The van der Waals surface area contributed by atoms with Gasteiger partial charge in [0.1, 0.15) is 0 Å². The van der Waals surface area contributed by atoms with Crippen molar-refractivity contribution < 1.29 is 0 Å². The molecule has 0 radical (unpaired) electrons. The minimum Gasteiger partial charge on any atom is -0.310 e. The fourth-order valence-electron chi connectivity index (χ4n) is 12.0. The molecule has 69 heavy (non-hydrogen) atoms. The van der Waals surface area contributed by atoms with Crippen LogP contribution in [0.5, 0.6) is 0 Å². The second-order valence-electron chi connectivity index (χ2n) is 18.7. The van der Waals surface area contributed by atoms with Crippen LogP contribution in [0.3, 0.4) is 0 Å². The highest BCUT2D eigenvalue weighted by Gasteiger charge is 2.51. The molecule has 0 atom stereocenters. The third-order valence-corrected chi connectivity index (χ3v) is 15.1.